The van der Waals surface area contributed by atoms with Crippen LogP contribution in [-0.2, 0) is 6.54 Å². The lowest BCUT2D eigenvalue weighted by atomic mass is 9.65. The largest absolute Gasteiger partial charge is 0.351 e. The summed E-state index contributed by atoms with van der Waals surface area (Å²) in [5.74, 6) is 0.948. The smallest absolute Gasteiger partial charge is 0.194 e. The number of hydrogen-bond donors (Lipinski definition) is 1. The van der Waals surface area contributed by atoms with Crippen molar-refractivity contribution in [1.82, 2.24) is 15.2 Å². The molecule has 0 saturated carbocycles. The maximum Gasteiger partial charge on any atom is 0.194 e. The lowest BCUT2D eigenvalue weighted by Gasteiger charge is -2.62. The molecule has 122 valence electrons. The number of likely N-dealkylation sites (tertiary alicyclic amines) is 1. The molecule has 2 aromatic rings. The molecule has 3 rings (SSSR count). The molecule has 1 aromatic carbocycles. The quantitative estimate of drug-likeness (QED) is 0.682. The fraction of sp³-hybridized carbons (Fsp3) is 0.474. The van der Waals surface area contributed by atoms with E-state index in [1.807, 2.05) is 13.2 Å². The van der Waals surface area contributed by atoms with Crippen molar-refractivity contribution in [2.24, 2.45) is 10.4 Å². The van der Waals surface area contributed by atoms with Crippen LogP contribution in [0.25, 0.3) is 10.8 Å². The zero-order chi connectivity index (χ0) is 16.7. The summed E-state index contributed by atoms with van der Waals surface area (Å²) in [5.41, 5.74) is 1.45. The Morgan fingerprint density at radius 2 is 1.96 bits per heavy atom. The highest BCUT2D eigenvalue weighted by molar-refractivity contribution is 5.85. The van der Waals surface area contributed by atoms with Gasteiger partial charge in [-0.05, 0) is 25.3 Å². The van der Waals surface area contributed by atoms with Gasteiger partial charge in [0.25, 0.3) is 0 Å². The minimum atomic E-state index is 0.0982. The fourth-order valence-corrected chi connectivity index (χ4v) is 3.18. The number of hydrogen-bond acceptors (Lipinski definition) is 2. The first kappa shape index (κ1) is 15.8. The monoisotopic (exact) mass is 310 g/mol. The molecule has 2 heterocycles. The Hall–Kier alpha value is -2.10. The highest BCUT2D eigenvalue weighted by atomic mass is 15.4. The first-order chi connectivity index (χ1) is 10.9. The van der Waals surface area contributed by atoms with Gasteiger partial charge in [-0.1, -0.05) is 38.1 Å². The van der Waals surface area contributed by atoms with E-state index in [0.29, 0.717) is 12.0 Å². The molecule has 0 unspecified atom stereocenters. The summed E-state index contributed by atoms with van der Waals surface area (Å²) < 4.78 is 0. The third-order valence-electron chi connectivity index (χ3n) is 5.52. The third-order valence-corrected chi connectivity index (χ3v) is 5.52. The van der Waals surface area contributed by atoms with Crippen molar-refractivity contribution in [2.45, 2.75) is 39.8 Å². The van der Waals surface area contributed by atoms with Gasteiger partial charge in [0.2, 0.25) is 0 Å². The standard InChI is InChI=1S/C19H26N4/c1-18(2)13-23(19(18,3)4)17(20-5)22-12-16-15-9-7-6-8-14(15)10-11-21-16/h6-11H,12-13H2,1-5H3,(H,20,22). The third kappa shape index (κ3) is 2.56. The Kier molecular flexibility index (Phi) is 3.78. The van der Waals surface area contributed by atoms with Gasteiger partial charge in [-0.2, -0.15) is 0 Å². The zero-order valence-electron chi connectivity index (χ0n) is 14.7. The summed E-state index contributed by atoms with van der Waals surface area (Å²) in [5, 5.41) is 5.90. The van der Waals surface area contributed by atoms with E-state index in [4.69, 9.17) is 0 Å². The lowest BCUT2D eigenvalue weighted by Crippen LogP contribution is -2.72. The number of rotatable bonds is 2. The van der Waals surface area contributed by atoms with Crippen molar-refractivity contribution in [3.8, 4) is 0 Å². The van der Waals surface area contributed by atoms with E-state index in [1.54, 1.807) is 0 Å². The molecule has 1 aliphatic rings. The second-order valence-electron chi connectivity index (χ2n) is 7.41. The Morgan fingerprint density at radius 1 is 1.22 bits per heavy atom. The van der Waals surface area contributed by atoms with Crippen LogP contribution in [0, 0.1) is 5.41 Å². The molecule has 0 radical (unpaired) electrons. The molecular formula is C19H26N4. The number of fused-ring (bicyclic) bond motifs is 1. The summed E-state index contributed by atoms with van der Waals surface area (Å²) >= 11 is 0. The van der Waals surface area contributed by atoms with Gasteiger partial charge in [-0.15, -0.1) is 0 Å². The summed E-state index contributed by atoms with van der Waals surface area (Å²) in [6.45, 7) is 10.9. The van der Waals surface area contributed by atoms with Crippen LogP contribution >= 0.6 is 0 Å². The maximum absolute atomic E-state index is 4.55. The van der Waals surface area contributed by atoms with Gasteiger partial charge < -0.3 is 10.2 Å². The molecule has 1 N–H and O–H groups in total. The van der Waals surface area contributed by atoms with Crippen molar-refractivity contribution < 1.29 is 0 Å². The molecule has 1 aliphatic heterocycles. The van der Waals surface area contributed by atoms with Crippen LogP contribution in [0.3, 0.4) is 0 Å². The van der Waals surface area contributed by atoms with Crippen molar-refractivity contribution in [3.05, 3.63) is 42.2 Å². The van der Waals surface area contributed by atoms with Gasteiger partial charge in [-0.3, -0.25) is 9.98 Å². The van der Waals surface area contributed by atoms with E-state index < -0.39 is 0 Å². The van der Waals surface area contributed by atoms with Crippen LogP contribution in [0.2, 0.25) is 0 Å². The van der Waals surface area contributed by atoms with Crippen LogP contribution in [0.1, 0.15) is 33.4 Å². The van der Waals surface area contributed by atoms with E-state index in [-0.39, 0.29) is 5.54 Å². The topological polar surface area (TPSA) is 40.5 Å². The second-order valence-corrected chi connectivity index (χ2v) is 7.41. The average Bonchev–Trinajstić information content (AvgIpc) is 2.54. The molecule has 0 atom stereocenters. The molecule has 0 amide bonds. The molecule has 4 heteroatoms. The number of nitrogens with one attached hydrogen (secondary N) is 1. The summed E-state index contributed by atoms with van der Waals surface area (Å²) in [6, 6.07) is 10.4. The Labute approximate surface area is 138 Å². The number of nitrogens with zero attached hydrogens (tertiary/aromatic N) is 3. The van der Waals surface area contributed by atoms with Crippen molar-refractivity contribution in [3.63, 3.8) is 0 Å². The summed E-state index contributed by atoms with van der Waals surface area (Å²) in [6.07, 6.45) is 1.87. The normalized spacial score (nSPS) is 19.5. The molecule has 1 aromatic heterocycles. The van der Waals surface area contributed by atoms with Gasteiger partial charge >= 0.3 is 0 Å². The van der Waals surface area contributed by atoms with E-state index in [2.05, 4.69) is 78.2 Å². The van der Waals surface area contributed by atoms with Gasteiger partial charge in [0, 0.05) is 36.1 Å². The van der Waals surface area contributed by atoms with E-state index in [0.717, 1.165) is 18.2 Å². The Bertz CT molecular complexity index is 741. The van der Waals surface area contributed by atoms with Crippen LogP contribution in [0.5, 0.6) is 0 Å². The summed E-state index contributed by atoms with van der Waals surface area (Å²) in [7, 11) is 1.85. The van der Waals surface area contributed by atoms with Crippen LogP contribution < -0.4 is 5.32 Å². The van der Waals surface area contributed by atoms with E-state index in [1.165, 1.54) is 10.8 Å². The molecule has 1 saturated heterocycles. The van der Waals surface area contributed by atoms with Gasteiger partial charge in [0.15, 0.2) is 5.96 Å². The van der Waals surface area contributed by atoms with Gasteiger partial charge in [-0.25, -0.2) is 0 Å². The first-order valence-corrected chi connectivity index (χ1v) is 8.18. The van der Waals surface area contributed by atoms with Crippen molar-refractivity contribution in [2.75, 3.05) is 13.6 Å². The maximum atomic E-state index is 4.55. The highest BCUT2D eigenvalue weighted by Gasteiger charge is 2.53. The van der Waals surface area contributed by atoms with Crippen LogP contribution in [-0.4, -0.2) is 35.0 Å². The summed E-state index contributed by atoms with van der Waals surface area (Å²) in [4.78, 5) is 11.4. The minimum Gasteiger partial charge on any atom is -0.351 e. The predicted octanol–water partition coefficient (Wildman–Crippen LogP) is 3.43. The van der Waals surface area contributed by atoms with E-state index >= 15 is 0 Å². The average molecular weight is 310 g/mol. The number of pyridine rings is 1. The van der Waals surface area contributed by atoms with Crippen LogP contribution in [0.15, 0.2) is 41.5 Å². The zero-order valence-corrected chi connectivity index (χ0v) is 14.7. The molecular weight excluding hydrogens is 284 g/mol. The SMILES string of the molecule is CN=C(NCc1nccc2ccccc12)N1CC(C)(C)C1(C)C. The fourth-order valence-electron chi connectivity index (χ4n) is 3.18. The molecule has 0 bridgehead atoms. The number of aromatic nitrogens is 1. The number of benzene rings is 1. The molecule has 1 fully saturated rings. The van der Waals surface area contributed by atoms with Gasteiger partial charge in [0.1, 0.15) is 0 Å². The molecule has 23 heavy (non-hydrogen) atoms. The number of guanidine groups is 1. The van der Waals surface area contributed by atoms with Gasteiger partial charge in [0.05, 0.1) is 12.2 Å². The molecule has 0 aliphatic carbocycles. The first-order valence-electron chi connectivity index (χ1n) is 8.18. The Balaban J connectivity index is 1.77. The lowest BCUT2D eigenvalue weighted by molar-refractivity contribution is -0.0668. The minimum absolute atomic E-state index is 0.0982. The van der Waals surface area contributed by atoms with E-state index in [9.17, 15) is 0 Å². The van der Waals surface area contributed by atoms with Crippen molar-refractivity contribution >= 4 is 16.7 Å². The molecule has 0 spiro atoms. The molecule has 4 nitrogen and oxygen atoms in total. The number of aliphatic imine (C=N–C) groups is 1. The van der Waals surface area contributed by atoms with Crippen molar-refractivity contribution in [1.29, 1.82) is 0 Å². The predicted molar refractivity (Wildman–Crippen MR) is 96.5 cm³/mol. The Morgan fingerprint density at radius 3 is 2.61 bits per heavy atom. The van der Waals surface area contributed by atoms with Crippen LogP contribution in [0.4, 0.5) is 0 Å². The highest BCUT2D eigenvalue weighted by Crippen LogP contribution is 2.46. The second kappa shape index (κ2) is 5.52.